The number of aromatic nitrogens is 2. The number of hydrogen-bond acceptors (Lipinski definition) is 4. The van der Waals surface area contributed by atoms with Crippen LogP contribution in [0.5, 0.6) is 5.75 Å². The highest BCUT2D eigenvalue weighted by Crippen LogP contribution is 2.39. The summed E-state index contributed by atoms with van der Waals surface area (Å²) in [6.07, 6.45) is -1.65. The highest BCUT2D eigenvalue weighted by Gasteiger charge is 2.31. The van der Waals surface area contributed by atoms with Crippen molar-refractivity contribution in [1.29, 1.82) is 0 Å². The fourth-order valence-electron chi connectivity index (χ4n) is 4.51. The van der Waals surface area contributed by atoms with E-state index in [2.05, 4.69) is 15.7 Å². The molecule has 1 aliphatic carbocycles. The van der Waals surface area contributed by atoms with Crippen molar-refractivity contribution in [1.82, 2.24) is 15.1 Å². The van der Waals surface area contributed by atoms with Crippen LogP contribution in [-0.4, -0.2) is 26.8 Å². The van der Waals surface area contributed by atoms with E-state index in [1.165, 1.54) is 22.9 Å². The Morgan fingerprint density at radius 1 is 1.02 bits per heavy atom. The van der Waals surface area contributed by atoms with Gasteiger partial charge in [-0.1, -0.05) is 42.3 Å². The van der Waals surface area contributed by atoms with Gasteiger partial charge in [0.25, 0.3) is 5.91 Å². The van der Waals surface area contributed by atoms with Gasteiger partial charge >= 0.3 is 12.2 Å². The second-order valence-corrected chi connectivity index (χ2v) is 9.90. The van der Waals surface area contributed by atoms with E-state index in [-0.39, 0.29) is 28.9 Å². The van der Waals surface area contributed by atoms with Crippen LogP contribution in [0, 0.1) is 6.92 Å². The molecule has 0 bridgehead atoms. The largest absolute Gasteiger partial charge is 0.507 e. The van der Waals surface area contributed by atoms with Crippen molar-refractivity contribution in [2.75, 3.05) is 5.32 Å². The van der Waals surface area contributed by atoms with Gasteiger partial charge in [-0.25, -0.2) is 4.79 Å². The van der Waals surface area contributed by atoms with Gasteiger partial charge in [-0.05, 0) is 61.7 Å². The van der Waals surface area contributed by atoms with Crippen molar-refractivity contribution < 1.29 is 27.9 Å². The summed E-state index contributed by atoms with van der Waals surface area (Å²) in [5.41, 5.74) is 2.67. The maximum atomic E-state index is 13.1. The molecule has 0 spiro atoms. The quantitative estimate of drug-likeness (QED) is 0.245. The number of anilines is 1. The fourth-order valence-corrected chi connectivity index (χ4v) is 4.51. The lowest BCUT2D eigenvalue weighted by molar-refractivity contribution is -0.137. The van der Waals surface area contributed by atoms with Crippen LogP contribution in [0.2, 0.25) is 0 Å². The minimum absolute atomic E-state index is 0.168. The van der Waals surface area contributed by atoms with Crippen molar-refractivity contribution in [2.24, 2.45) is 0 Å². The highest BCUT2D eigenvalue weighted by molar-refractivity contribution is 6.04. The third-order valence-electron chi connectivity index (χ3n) is 7.00. The van der Waals surface area contributed by atoms with Gasteiger partial charge in [-0.2, -0.15) is 23.0 Å². The molecule has 10 heteroatoms. The summed E-state index contributed by atoms with van der Waals surface area (Å²) in [6.45, 7) is 2.33. The molecule has 1 aliphatic rings. The number of carbonyl (C=O) groups is 2. The molecular formula is C30H27F3N4O3. The number of amides is 2. The maximum Gasteiger partial charge on any atom is 0.416 e. The number of hydrogen-bond donors (Lipinski definition) is 3. The standard InChI is InChI=1S/C30H27F3N4O3/c1-18-8-10-19(11-9-18)17-34-29(40)37-26(20-4-2-5-20)16-25(36-37)24-13-12-23(15-27(24)38)35-28(39)21-6-3-7-22(14-21)30(31,32)33/h3,6-16,20,38H,2,4-5,17H2,1H3,(H,34,40)(H,35,39). The van der Waals surface area contributed by atoms with Crippen molar-refractivity contribution in [3.8, 4) is 17.0 Å². The van der Waals surface area contributed by atoms with Gasteiger partial charge in [-0.3, -0.25) is 4.79 Å². The van der Waals surface area contributed by atoms with Gasteiger partial charge in [0.15, 0.2) is 0 Å². The molecule has 206 valence electrons. The number of rotatable bonds is 6. The van der Waals surface area contributed by atoms with Gasteiger partial charge in [0.1, 0.15) is 5.75 Å². The number of aromatic hydroxyl groups is 1. The van der Waals surface area contributed by atoms with Crippen LogP contribution >= 0.6 is 0 Å². The van der Waals surface area contributed by atoms with E-state index in [1.54, 1.807) is 12.1 Å². The van der Waals surface area contributed by atoms with Gasteiger partial charge in [0.05, 0.1) is 17.0 Å². The van der Waals surface area contributed by atoms with Crippen molar-refractivity contribution in [3.63, 3.8) is 0 Å². The van der Waals surface area contributed by atoms with Gasteiger partial charge in [-0.15, -0.1) is 0 Å². The number of aryl methyl sites for hydroxylation is 1. The molecule has 4 aromatic rings. The predicted octanol–water partition coefficient (Wildman–Crippen LogP) is 6.86. The number of benzene rings is 3. The molecule has 2 amide bonds. The lowest BCUT2D eigenvalue weighted by Gasteiger charge is -2.25. The minimum Gasteiger partial charge on any atom is -0.507 e. The molecule has 0 aliphatic heterocycles. The van der Waals surface area contributed by atoms with E-state index in [0.717, 1.165) is 54.3 Å². The normalized spacial score (nSPS) is 13.5. The SMILES string of the molecule is Cc1ccc(CNC(=O)n2nc(-c3ccc(NC(=O)c4cccc(C(F)(F)F)c4)cc3O)cc2C2CCC2)cc1. The van der Waals surface area contributed by atoms with Crippen LogP contribution in [0.3, 0.4) is 0 Å². The molecule has 1 aromatic heterocycles. The Kier molecular flexibility index (Phi) is 7.34. The Morgan fingerprint density at radius 2 is 1.77 bits per heavy atom. The smallest absolute Gasteiger partial charge is 0.416 e. The van der Waals surface area contributed by atoms with E-state index >= 15 is 0 Å². The number of nitrogens with zero attached hydrogens (tertiary/aromatic N) is 2. The zero-order valence-electron chi connectivity index (χ0n) is 21.6. The number of carbonyl (C=O) groups excluding carboxylic acids is 2. The molecule has 40 heavy (non-hydrogen) atoms. The number of phenolic OH excluding ortho intramolecular Hbond substituents is 1. The van der Waals surface area contributed by atoms with Crippen LogP contribution in [0.1, 0.15) is 57.9 Å². The van der Waals surface area contributed by atoms with Crippen LogP contribution in [0.25, 0.3) is 11.3 Å². The maximum absolute atomic E-state index is 13.1. The van der Waals surface area contributed by atoms with Crippen LogP contribution in [0.4, 0.5) is 23.7 Å². The van der Waals surface area contributed by atoms with Gasteiger partial charge < -0.3 is 15.7 Å². The van der Waals surface area contributed by atoms with Crippen molar-refractivity contribution in [3.05, 3.63) is 101 Å². The first kappa shape index (κ1) is 27.0. The Labute approximate surface area is 228 Å². The lowest BCUT2D eigenvalue weighted by atomic mass is 9.82. The summed E-state index contributed by atoms with van der Waals surface area (Å²) in [7, 11) is 0. The summed E-state index contributed by atoms with van der Waals surface area (Å²) < 4.78 is 40.4. The van der Waals surface area contributed by atoms with E-state index in [1.807, 2.05) is 31.2 Å². The summed E-state index contributed by atoms with van der Waals surface area (Å²) in [4.78, 5) is 25.6. The minimum atomic E-state index is -4.57. The number of alkyl halides is 3. The Morgan fingerprint density at radius 3 is 2.42 bits per heavy atom. The molecule has 0 atom stereocenters. The number of nitrogens with one attached hydrogen (secondary N) is 2. The Balaban J connectivity index is 1.34. The summed E-state index contributed by atoms with van der Waals surface area (Å²) >= 11 is 0. The first-order valence-electron chi connectivity index (χ1n) is 12.8. The predicted molar refractivity (Wildman–Crippen MR) is 144 cm³/mol. The van der Waals surface area contributed by atoms with Gasteiger partial charge in [0, 0.05) is 35.3 Å². The molecule has 1 saturated carbocycles. The molecule has 3 aromatic carbocycles. The lowest BCUT2D eigenvalue weighted by Crippen LogP contribution is -2.31. The first-order chi connectivity index (χ1) is 19.1. The summed E-state index contributed by atoms with van der Waals surface area (Å²) in [5, 5.41) is 20.6. The molecule has 3 N–H and O–H groups in total. The van der Waals surface area contributed by atoms with E-state index < -0.39 is 17.6 Å². The highest BCUT2D eigenvalue weighted by atomic mass is 19.4. The zero-order chi connectivity index (χ0) is 28.4. The number of phenols is 1. The number of halogens is 3. The zero-order valence-corrected chi connectivity index (χ0v) is 21.6. The van der Waals surface area contributed by atoms with Crippen LogP contribution < -0.4 is 10.6 Å². The third-order valence-corrected chi connectivity index (χ3v) is 7.00. The van der Waals surface area contributed by atoms with Crippen LogP contribution in [0.15, 0.2) is 72.8 Å². The summed E-state index contributed by atoms with van der Waals surface area (Å²) in [5.74, 6) is -0.772. The van der Waals surface area contributed by atoms with Crippen molar-refractivity contribution >= 4 is 17.6 Å². The van der Waals surface area contributed by atoms with E-state index in [9.17, 15) is 27.9 Å². The molecule has 5 rings (SSSR count). The molecule has 0 saturated heterocycles. The van der Waals surface area contributed by atoms with Gasteiger partial charge in [0.2, 0.25) is 0 Å². The second-order valence-electron chi connectivity index (χ2n) is 9.90. The van der Waals surface area contributed by atoms with Crippen molar-refractivity contribution in [2.45, 2.75) is 44.8 Å². The molecular weight excluding hydrogens is 521 g/mol. The molecule has 7 nitrogen and oxygen atoms in total. The topological polar surface area (TPSA) is 96.3 Å². The average Bonchev–Trinajstić information content (AvgIpc) is 3.31. The fraction of sp³-hybridized carbons (Fsp3) is 0.233. The van der Waals surface area contributed by atoms with E-state index in [4.69, 9.17) is 0 Å². The Hall–Kier alpha value is -4.60. The molecule has 0 unspecified atom stereocenters. The molecule has 1 fully saturated rings. The average molecular weight is 549 g/mol. The molecule has 0 radical (unpaired) electrons. The monoisotopic (exact) mass is 548 g/mol. The van der Waals surface area contributed by atoms with E-state index in [0.29, 0.717) is 17.8 Å². The Bertz CT molecular complexity index is 1560. The third kappa shape index (κ3) is 5.85. The second kappa shape index (κ2) is 10.9. The first-order valence-corrected chi connectivity index (χ1v) is 12.8. The summed E-state index contributed by atoms with van der Waals surface area (Å²) in [6, 6.07) is 17.7. The molecule has 1 heterocycles. The van der Waals surface area contributed by atoms with Crippen LogP contribution in [-0.2, 0) is 12.7 Å².